The predicted octanol–water partition coefficient (Wildman–Crippen LogP) is 4.58. The van der Waals surface area contributed by atoms with Gasteiger partial charge < -0.3 is 23.7 Å². The summed E-state index contributed by atoms with van der Waals surface area (Å²) in [6, 6.07) is 13.1. The molecule has 1 heterocycles. The van der Waals surface area contributed by atoms with E-state index in [2.05, 4.69) is 0 Å². The van der Waals surface area contributed by atoms with Gasteiger partial charge in [0, 0.05) is 25.8 Å². The second kappa shape index (κ2) is 12.2. The van der Waals surface area contributed by atoms with Crippen molar-refractivity contribution in [3.8, 4) is 5.75 Å². The highest BCUT2D eigenvalue weighted by atomic mass is 35.5. The minimum absolute atomic E-state index is 0.545. The molecule has 2 aromatic rings. The lowest BCUT2D eigenvalue weighted by molar-refractivity contribution is -0.245. The van der Waals surface area contributed by atoms with Crippen LogP contribution in [0.5, 0.6) is 5.75 Å². The molecule has 0 N–H and O–H groups in total. The maximum absolute atomic E-state index is 12.0. The van der Waals surface area contributed by atoms with Gasteiger partial charge in [0.15, 0.2) is 18.3 Å². The van der Waals surface area contributed by atoms with Gasteiger partial charge in [-0.2, -0.15) is 0 Å². The van der Waals surface area contributed by atoms with Gasteiger partial charge in [0.1, 0.15) is 11.9 Å². The first kappa shape index (κ1) is 27.5. The molecule has 9 heteroatoms. The monoisotopic (exact) mass is 518 g/mol. The molecule has 0 unspecified atom stereocenters. The minimum Gasteiger partial charge on any atom is -0.494 e. The van der Waals surface area contributed by atoms with E-state index in [1.165, 1.54) is 20.8 Å². The van der Waals surface area contributed by atoms with Crippen molar-refractivity contribution in [2.45, 2.75) is 71.6 Å². The Bertz CT molecular complexity index is 1080. The molecule has 0 spiro atoms. The average molecular weight is 519 g/mol. The van der Waals surface area contributed by atoms with Crippen LogP contribution in [-0.2, 0) is 39.8 Å². The molecule has 194 valence electrons. The predicted molar refractivity (Wildman–Crippen MR) is 132 cm³/mol. The van der Waals surface area contributed by atoms with Gasteiger partial charge in [-0.1, -0.05) is 35.9 Å². The molecule has 0 radical (unpaired) electrons. The quantitative estimate of drug-likeness (QED) is 0.370. The summed E-state index contributed by atoms with van der Waals surface area (Å²) < 4.78 is 28.2. The highest BCUT2D eigenvalue weighted by Crippen LogP contribution is 2.38. The van der Waals surface area contributed by atoms with Gasteiger partial charge in [-0.05, 0) is 55.2 Å². The minimum atomic E-state index is -1.06. The van der Waals surface area contributed by atoms with Crippen LogP contribution < -0.4 is 4.74 Å². The summed E-state index contributed by atoms with van der Waals surface area (Å²) >= 11 is 6.52. The summed E-state index contributed by atoms with van der Waals surface area (Å²) in [6.45, 7) is 7.96. The topological polar surface area (TPSA) is 97.4 Å². The van der Waals surface area contributed by atoms with Crippen LogP contribution in [-0.4, -0.2) is 48.9 Å². The Balaban J connectivity index is 1.96. The largest absolute Gasteiger partial charge is 0.494 e. The summed E-state index contributed by atoms with van der Waals surface area (Å²) in [6.07, 6.45) is -3.97. The molecular formula is C27H31ClO8. The summed E-state index contributed by atoms with van der Waals surface area (Å²) in [7, 11) is 0. The molecule has 0 saturated carbocycles. The fraction of sp³-hybridized carbons (Fsp3) is 0.444. The molecule has 5 atom stereocenters. The first-order chi connectivity index (χ1) is 17.1. The molecule has 3 rings (SSSR count). The van der Waals surface area contributed by atoms with E-state index in [1.807, 2.05) is 37.3 Å². The van der Waals surface area contributed by atoms with Gasteiger partial charge in [-0.15, -0.1) is 0 Å². The zero-order valence-corrected chi connectivity index (χ0v) is 21.7. The third kappa shape index (κ3) is 6.98. The molecule has 0 amide bonds. The van der Waals surface area contributed by atoms with Gasteiger partial charge in [0.2, 0.25) is 0 Å². The number of hydrogen-bond acceptors (Lipinski definition) is 8. The first-order valence-corrected chi connectivity index (χ1v) is 12.1. The lowest BCUT2D eigenvalue weighted by Gasteiger charge is -2.44. The molecule has 0 bridgehead atoms. The number of ether oxygens (including phenoxy) is 5. The van der Waals surface area contributed by atoms with E-state index in [-0.39, 0.29) is 0 Å². The molecule has 1 aliphatic rings. The van der Waals surface area contributed by atoms with Gasteiger partial charge in [0.25, 0.3) is 0 Å². The van der Waals surface area contributed by atoms with Crippen LogP contribution in [0, 0.1) is 0 Å². The molecule has 8 nitrogen and oxygen atoms in total. The SMILES string of the molecule is CCOc1ccc(Cc2cc([C@@H]3O[C@H](C)[C@@H](OC(C)=O)[C@H](OC(C)=O)[C@H]3OC(C)=O)ccc2Cl)cc1. The van der Waals surface area contributed by atoms with Crippen molar-refractivity contribution in [3.05, 3.63) is 64.2 Å². The Labute approximate surface area is 215 Å². The number of carbonyl (C=O) groups excluding carboxylic acids is 3. The zero-order valence-electron chi connectivity index (χ0n) is 21.0. The van der Waals surface area contributed by atoms with Crippen molar-refractivity contribution in [1.29, 1.82) is 0 Å². The van der Waals surface area contributed by atoms with Crippen LogP contribution in [0.3, 0.4) is 0 Å². The summed E-state index contributed by atoms with van der Waals surface area (Å²) in [5.41, 5.74) is 2.54. The van der Waals surface area contributed by atoms with Gasteiger partial charge in [-0.3, -0.25) is 14.4 Å². The molecule has 0 aromatic heterocycles. The maximum atomic E-state index is 12.0. The number of halogens is 1. The van der Waals surface area contributed by atoms with Crippen LogP contribution in [0.1, 0.15) is 57.4 Å². The van der Waals surface area contributed by atoms with E-state index in [4.69, 9.17) is 35.3 Å². The Morgan fingerprint density at radius 1 is 0.861 bits per heavy atom. The van der Waals surface area contributed by atoms with Gasteiger partial charge >= 0.3 is 17.9 Å². The first-order valence-electron chi connectivity index (χ1n) is 11.8. The third-order valence-corrected chi connectivity index (χ3v) is 6.07. The van der Waals surface area contributed by atoms with Crippen molar-refractivity contribution in [2.75, 3.05) is 6.61 Å². The molecule has 2 aromatic carbocycles. The average Bonchev–Trinajstić information content (AvgIpc) is 2.80. The fourth-order valence-corrected chi connectivity index (χ4v) is 4.46. The Hall–Kier alpha value is -3.10. The van der Waals surface area contributed by atoms with E-state index in [0.717, 1.165) is 16.9 Å². The Kier molecular flexibility index (Phi) is 9.34. The van der Waals surface area contributed by atoms with E-state index in [9.17, 15) is 14.4 Å². The van der Waals surface area contributed by atoms with Crippen molar-refractivity contribution in [1.82, 2.24) is 0 Å². The number of benzene rings is 2. The normalized spacial score (nSPS) is 23.4. The molecule has 36 heavy (non-hydrogen) atoms. The van der Waals surface area contributed by atoms with E-state index < -0.39 is 48.4 Å². The van der Waals surface area contributed by atoms with Crippen LogP contribution in [0.15, 0.2) is 42.5 Å². The standard InChI is InChI=1S/C27H31ClO8/c1-6-32-22-10-7-19(8-11-22)13-21-14-20(9-12-23(21)28)25-27(36-18(5)31)26(35-17(4)30)24(15(2)33-25)34-16(3)29/h7-12,14-15,24-27H,6,13H2,1-5H3/t15-,24-,25+,26+,27+/m1/s1. The lowest BCUT2D eigenvalue weighted by Crippen LogP contribution is -2.57. The lowest BCUT2D eigenvalue weighted by atomic mass is 9.89. The fourth-order valence-electron chi connectivity index (χ4n) is 4.28. The van der Waals surface area contributed by atoms with E-state index in [1.54, 1.807) is 19.1 Å². The molecule has 1 saturated heterocycles. The highest BCUT2D eigenvalue weighted by molar-refractivity contribution is 6.31. The van der Waals surface area contributed by atoms with Crippen molar-refractivity contribution in [2.24, 2.45) is 0 Å². The van der Waals surface area contributed by atoms with E-state index >= 15 is 0 Å². The number of esters is 3. The highest BCUT2D eigenvalue weighted by Gasteiger charge is 2.50. The number of carbonyl (C=O) groups is 3. The van der Waals surface area contributed by atoms with Gasteiger partial charge in [-0.25, -0.2) is 0 Å². The summed E-state index contributed by atoms with van der Waals surface area (Å²) in [5, 5.41) is 0.565. The van der Waals surface area contributed by atoms with Crippen LogP contribution in [0.4, 0.5) is 0 Å². The Morgan fingerprint density at radius 2 is 1.44 bits per heavy atom. The maximum Gasteiger partial charge on any atom is 0.303 e. The Morgan fingerprint density at radius 3 is 2.03 bits per heavy atom. The smallest absolute Gasteiger partial charge is 0.303 e. The molecule has 1 aliphatic heterocycles. The number of rotatable bonds is 8. The second-order valence-corrected chi connectivity index (χ2v) is 9.00. The third-order valence-electron chi connectivity index (χ3n) is 5.70. The van der Waals surface area contributed by atoms with Crippen molar-refractivity contribution in [3.63, 3.8) is 0 Å². The molecule has 1 fully saturated rings. The van der Waals surface area contributed by atoms with Crippen LogP contribution in [0.25, 0.3) is 0 Å². The molecular weight excluding hydrogens is 488 g/mol. The van der Waals surface area contributed by atoms with Gasteiger partial charge in [0.05, 0.1) is 12.7 Å². The second-order valence-electron chi connectivity index (χ2n) is 8.59. The van der Waals surface area contributed by atoms with E-state index in [0.29, 0.717) is 23.6 Å². The summed E-state index contributed by atoms with van der Waals surface area (Å²) in [5.74, 6) is -0.981. The zero-order chi connectivity index (χ0) is 26.4. The van der Waals surface area contributed by atoms with Crippen LogP contribution in [0.2, 0.25) is 5.02 Å². The summed E-state index contributed by atoms with van der Waals surface area (Å²) in [4.78, 5) is 35.7. The van der Waals surface area contributed by atoms with Crippen LogP contribution >= 0.6 is 11.6 Å². The number of hydrogen-bond donors (Lipinski definition) is 0. The molecule has 0 aliphatic carbocycles. The van der Waals surface area contributed by atoms with Crippen molar-refractivity contribution >= 4 is 29.5 Å². The van der Waals surface area contributed by atoms with Crippen molar-refractivity contribution < 1.29 is 38.1 Å².